The lowest BCUT2D eigenvalue weighted by Gasteiger charge is -2.36. The average Bonchev–Trinajstić information content (AvgIpc) is 2.58. The summed E-state index contributed by atoms with van der Waals surface area (Å²) in [4.78, 5) is 13.2. The molecule has 1 fully saturated rings. The maximum Gasteiger partial charge on any atom is 0.275 e. The molecule has 0 atom stereocenters. The lowest BCUT2D eigenvalue weighted by molar-refractivity contribution is -0.900. The first-order valence-corrected chi connectivity index (χ1v) is 8.60. The first-order chi connectivity index (χ1) is 11.1. The van der Waals surface area contributed by atoms with E-state index in [4.69, 9.17) is 4.74 Å². The summed E-state index contributed by atoms with van der Waals surface area (Å²) in [5.41, 5.74) is 0.248. The number of benzene rings is 1. The van der Waals surface area contributed by atoms with E-state index in [2.05, 4.69) is 5.32 Å². The number of amides is 1. The summed E-state index contributed by atoms with van der Waals surface area (Å²) in [5, 5.41) is 13.7. The van der Waals surface area contributed by atoms with Gasteiger partial charge in [-0.15, -0.1) is 0 Å². The van der Waals surface area contributed by atoms with Crippen LogP contribution >= 0.6 is 0 Å². The Hall–Kier alpha value is -1.43. The highest BCUT2D eigenvalue weighted by Gasteiger charge is 2.36. The Morgan fingerprint density at radius 1 is 1.30 bits per heavy atom. The van der Waals surface area contributed by atoms with Gasteiger partial charge in [0.25, 0.3) is 5.91 Å². The van der Waals surface area contributed by atoms with Crippen LogP contribution in [0.25, 0.3) is 0 Å². The highest BCUT2D eigenvalue weighted by atomic mass is 16.5. The zero-order valence-electron chi connectivity index (χ0n) is 14.0. The Bertz CT molecular complexity index is 470. The molecular weight excluding hydrogens is 292 g/mol. The van der Waals surface area contributed by atoms with Crippen LogP contribution in [0.5, 0.6) is 0 Å². The fourth-order valence-electron chi connectivity index (χ4n) is 3.07. The van der Waals surface area contributed by atoms with Crippen LogP contribution < -0.4 is 10.2 Å². The van der Waals surface area contributed by atoms with E-state index >= 15 is 0 Å². The molecular formula is C18H29N2O3+. The fourth-order valence-corrected chi connectivity index (χ4v) is 3.07. The van der Waals surface area contributed by atoms with E-state index < -0.39 is 5.60 Å². The number of carbonyl (C=O) groups is 1. The molecule has 0 aliphatic carbocycles. The standard InChI is InChI=1S/C18H28N2O3/c1-2-23-14-6-11-19-17(21)15-20-12-9-18(22,10-13-20)16-7-4-3-5-8-16/h3-5,7-8,22H,2,6,9-15H2,1H3,(H,19,21)/p+1. The number of aliphatic hydroxyl groups is 1. The first kappa shape index (κ1) is 17.9. The number of nitrogens with one attached hydrogen (secondary N) is 2. The number of likely N-dealkylation sites (tertiary alicyclic amines) is 1. The number of carbonyl (C=O) groups excluding carboxylic acids is 1. The SMILES string of the molecule is CCOCCCNC(=O)C[NH+]1CCC(O)(c2ccccc2)CC1. The molecule has 0 unspecified atom stereocenters. The highest BCUT2D eigenvalue weighted by Crippen LogP contribution is 2.28. The van der Waals surface area contributed by atoms with Crippen molar-refractivity contribution in [2.45, 2.75) is 31.8 Å². The van der Waals surface area contributed by atoms with Crippen LogP contribution in [-0.4, -0.2) is 50.4 Å². The lowest BCUT2D eigenvalue weighted by Crippen LogP contribution is -3.14. The van der Waals surface area contributed by atoms with Gasteiger partial charge in [0, 0.05) is 32.6 Å². The third-order valence-electron chi connectivity index (χ3n) is 4.50. The predicted molar refractivity (Wildman–Crippen MR) is 89.3 cm³/mol. The van der Waals surface area contributed by atoms with Gasteiger partial charge in [0.05, 0.1) is 13.1 Å². The van der Waals surface area contributed by atoms with Crippen molar-refractivity contribution in [2.75, 3.05) is 39.4 Å². The van der Waals surface area contributed by atoms with E-state index in [0.717, 1.165) is 31.7 Å². The van der Waals surface area contributed by atoms with Crippen molar-refractivity contribution >= 4 is 5.91 Å². The van der Waals surface area contributed by atoms with Gasteiger partial charge >= 0.3 is 0 Å². The van der Waals surface area contributed by atoms with Gasteiger partial charge in [-0.2, -0.15) is 0 Å². The molecule has 0 radical (unpaired) electrons. The Labute approximate surface area is 138 Å². The van der Waals surface area contributed by atoms with Crippen molar-refractivity contribution in [3.8, 4) is 0 Å². The summed E-state index contributed by atoms with van der Waals surface area (Å²) in [7, 11) is 0. The summed E-state index contributed by atoms with van der Waals surface area (Å²) in [6.45, 7) is 6.16. The fraction of sp³-hybridized carbons (Fsp3) is 0.611. The quantitative estimate of drug-likeness (QED) is 0.595. The van der Waals surface area contributed by atoms with Gasteiger partial charge in [-0.3, -0.25) is 4.79 Å². The van der Waals surface area contributed by atoms with Crippen LogP contribution in [0.4, 0.5) is 0 Å². The molecule has 1 heterocycles. The molecule has 128 valence electrons. The van der Waals surface area contributed by atoms with Crippen molar-refractivity contribution in [3.05, 3.63) is 35.9 Å². The van der Waals surface area contributed by atoms with Crippen molar-refractivity contribution in [2.24, 2.45) is 0 Å². The second-order valence-corrected chi connectivity index (χ2v) is 6.22. The van der Waals surface area contributed by atoms with Gasteiger partial charge < -0.3 is 20.1 Å². The number of piperidine rings is 1. The number of hydrogen-bond acceptors (Lipinski definition) is 3. The topological polar surface area (TPSA) is 63.0 Å². The molecule has 0 spiro atoms. The number of ether oxygens (including phenoxy) is 1. The van der Waals surface area contributed by atoms with Crippen LogP contribution in [0.3, 0.4) is 0 Å². The van der Waals surface area contributed by atoms with E-state index in [1.54, 1.807) is 0 Å². The molecule has 1 aliphatic rings. The minimum atomic E-state index is -0.737. The second-order valence-electron chi connectivity index (χ2n) is 6.22. The molecule has 1 aromatic carbocycles. The summed E-state index contributed by atoms with van der Waals surface area (Å²) < 4.78 is 5.25. The maximum atomic E-state index is 11.9. The van der Waals surface area contributed by atoms with Gasteiger partial charge in [-0.05, 0) is 18.9 Å². The zero-order valence-corrected chi connectivity index (χ0v) is 14.0. The van der Waals surface area contributed by atoms with Gasteiger partial charge in [-0.25, -0.2) is 0 Å². The van der Waals surface area contributed by atoms with Crippen molar-refractivity contribution < 1.29 is 19.5 Å². The molecule has 0 bridgehead atoms. The van der Waals surface area contributed by atoms with Crippen LogP contribution in [0, 0.1) is 0 Å². The number of rotatable bonds is 8. The largest absolute Gasteiger partial charge is 0.385 e. The van der Waals surface area contributed by atoms with E-state index in [0.29, 0.717) is 32.5 Å². The summed E-state index contributed by atoms with van der Waals surface area (Å²) in [5.74, 6) is 0.0849. The Morgan fingerprint density at radius 3 is 2.65 bits per heavy atom. The van der Waals surface area contributed by atoms with Crippen LogP contribution in [-0.2, 0) is 15.1 Å². The van der Waals surface area contributed by atoms with Gasteiger partial charge in [0.2, 0.25) is 0 Å². The maximum absolute atomic E-state index is 11.9. The van der Waals surface area contributed by atoms with E-state index in [9.17, 15) is 9.90 Å². The molecule has 5 nitrogen and oxygen atoms in total. The average molecular weight is 321 g/mol. The first-order valence-electron chi connectivity index (χ1n) is 8.60. The minimum absolute atomic E-state index is 0.0849. The number of hydrogen-bond donors (Lipinski definition) is 3. The molecule has 1 amide bonds. The summed E-state index contributed by atoms with van der Waals surface area (Å²) in [6, 6.07) is 9.85. The normalized spacial score (nSPS) is 24.3. The Morgan fingerprint density at radius 2 is 2.00 bits per heavy atom. The summed E-state index contributed by atoms with van der Waals surface area (Å²) in [6.07, 6.45) is 2.25. The van der Waals surface area contributed by atoms with E-state index in [1.807, 2.05) is 37.3 Å². The minimum Gasteiger partial charge on any atom is -0.385 e. The lowest BCUT2D eigenvalue weighted by atomic mass is 9.84. The van der Waals surface area contributed by atoms with E-state index in [1.165, 1.54) is 4.90 Å². The van der Waals surface area contributed by atoms with Crippen molar-refractivity contribution in [1.29, 1.82) is 0 Å². The summed E-state index contributed by atoms with van der Waals surface area (Å²) >= 11 is 0. The predicted octanol–water partition coefficient (Wildman–Crippen LogP) is 0.0957. The monoisotopic (exact) mass is 321 g/mol. The molecule has 23 heavy (non-hydrogen) atoms. The smallest absolute Gasteiger partial charge is 0.275 e. The van der Waals surface area contributed by atoms with Crippen molar-refractivity contribution in [1.82, 2.24) is 5.32 Å². The van der Waals surface area contributed by atoms with Gasteiger partial charge in [0.15, 0.2) is 6.54 Å². The molecule has 1 saturated heterocycles. The third kappa shape index (κ3) is 5.61. The van der Waals surface area contributed by atoms with Gasteiger partial charge in [0.1, 0.15) is 5.60 Å². The van der Waals surface area contributed by atoms with Crippen LogP contribution in [0.1, 0.15) is 31.7 Å². The molecule has 0 aromatic heterocycles. The molecule has 1 aliphatic heterocycles. The zero-order chi connectivity index (χ0) is 16.5. The van der Waals surface area contributed by atoms with Gasteiger partial charge in [-0.1, -0.05) is 30.3 Å². The number of quaternary nitrogens is 1. The molecule has 5 heteroatoms. The van der Waals surface area contributed by atoms with Crippen LogP contribution in [0.15, 0.2) is 30.3 Å². The molecule has 1 aromatic rings. The molecule has 0 saturated carbocycles. The van der Waals surface area contributed by atoms with Crippen LogP contribution in [0.2, 0.25) is 0 Å². The molecule has 2 rings (SSSR count). The van der Waals surface area contributed by atoms with E-state index in [-0.39, 0.29) is 5.91 Å². The third-order valence-corrected chi connectivity index (χ3v) is 4.50. The Kier molecular flexibility index (Phi) is 7.02. The Balaban J connectivity index is 1.69. The highest BCUT2D eigenvalue weighted by molar-refractivity contribution is 5.76. The second kappa shape index (κ2) is 9.01. The van der Waals surface area contributed by atoms with Crippen molar-refractivity contribution in [3.63, 3.8) is 0 Å². The molecule has 3 N–H and O–H groups in total.